The Balaban J connectivity index is 1.42. The van der Waals surface area contributed by atoms with Crippen LogP contribution in [-0.2, 0) is 24.0 Å². The standard InChI is InChI=1S/C28H31F3N6O6/c1-36(23(39)18(9-14-5-6-14)35-26(42)28(29,30)31)19(10-15-7-8-15)24(40)37-13-27(11-20(37)22(33)38)25(41)34-17-4-2-3-16(12-32)21(17)43-27/h2-4,14-15,18-20H,5-11,13H2,1H3,(H2,33,38)(H,34,41)(H,35,42)/t18?,19?,20-,27+/m0/s1. The summed E-state index contributed by atoms with van der Waals surface area (Å²) in [5.74, 6) is -5.33. The second-order valence-electron chi connectivity index (χ2n) is 11.8. The van der Waals surface area contributed by atoms with Crippen LogP contribution >= 0.6 is 0 Å². The Morgan fingerprint density at radius 1 is 1.21 bits per heavy atom. The average Bonchev–Trinajstić information content (AvgIpc) is 3.89. The number of likely N-dealkylation sites (N-methyl/N-ethyl adjacent to an activating group) is 1. The van der Waals surface area contributed by atoms with E-state index >= 15 is 0 Å². The minimum Gasteiger partial charge on any atom is -0.472 e. The molecule has 0 bridgehead atoms. The third kappa shape index (κ3) is 6.09. The number of para-hydroxylation sites is 1. The van der Waals surface area contributed by atoms with E-state index in [9.17, 15) is 42.4 Å². The molecule has 4 aliphatic rings. The lowest BCUT2D eigenvalue weighted by atomic mass is 9.96. The Kier molecular flexibility index (Phi) is 7.74. The second kappa shape index (κ2) is 11.1. The van der Waals surface area contributed by atoms with Crippen molar-refractivity contribution in [2.75, 3.05) is 18.9 Å². The van der Waals surface area contributed by atoms with Crippen LogP contribution in [0.4, 0.5) is 18.9 Å². The fourth-order valence-electron chi connectivity index (χ4n) is 5.74. The van der Waals surface area contributed by atoms with Crippen LogP contribution in [0.5, 0.6) is 5.75 Å². The number of primary amides is 1. The topological polar surface area (TPSA) is 175 Å². The van der Waals surface area contributed by atoms with Gasteiger partial charge in [0.05, 0.1) is 17.8 Å². The van der Waals surface area contributed by atoms with Crippen molar-refractivity contribution in [3.63, 3.8) is 0 Å². The fourth-order valence-corrected chi connectivity index (χ4v) is 5.74. The number of nitrogens with one attached hydrogen (secondary N) is 2. The molecule has 2 aliphatic carbocycles. The molecule has 2 unspecified atom stereocenters. The number of benzene rings is 1. The van der Waals surface area contributed by atoms with Gasteiger partial charge in [0, 0.05) is 13.5 Å². The van der Waals surface area contributed by atoms with Crippen LogP contribution < -0.4 is 21.1 Å². The lowest BCUT2D eigenvalue weighted by Gasteiger charge is -2.36. The van der Waals surface area contributed by atoms with Crippen molar-refractivity contribution in [2.24, 2.45) is 17.6 Å². The SMILES string of the molecule is CN(C(=O)C(CC1CC1)NC(=O)C(F)(F)F)C(CC1CC1)C(=O)N1C[C@@]2(C[C@H]1C(N)=O)Oc1c(C#N)cccc1NC2=O. The number of likely N-dealkylation sites (tertiary alicyclic amines) is 1. The molecule has 1 aromatic rings. The fraction of sp³-hybridized carbons (Fsp3) is 0.571. The number of alkyl halides is 3. The van der Waals surface area contributed by atoms with E-state index in [1.165, 1.54) is 19.2 Å². The summed E-state index contributed by atoms with van der Waals surface area (Å²) in [6.45, 7) is -0.427. The van der Waals surface area contributed by atoms with Gasteiger partial charge in [0.25, 0.3) is 5.91 Å². The van der Waals surface area contributed by atoms with Crippen LogP contribution in [0.15, 0.2) is 18.2 Å². The van der Waals surface area contributed by atoms with Crippen molar-refractivity contribution in [1.29, 1.82) is 5.26 Å². The lowest BCUT2D eigenvalue weighted by molar-refractivity contribution is -0.175. The first kappa shape index (κ1) is 30.1. The van der Waals surface area contributed by atoms with Gasteiger partial charge in [-0.3, -0.25) is 24.0 Å². The number of hydrogen-bond donors (Lipinski definition) is 3. The van der Waals surface area contributed by atoms with Gasteiger partial charge in [-0.05, 0) is 36.8 Å². The van der Waals surface area contributed by atoms with Crippen LogP contribution in [0, 0.1) is 23.2 Å². The van der Waals surface area contributed by atoms with Gasteiger partial charge in [-0.15, -0.1) is 0 Å². The molecule has 1 aromatic carbocycles. The molecule has 15 heteroatoms. The summed E-state index contributed by atoms with van der Waals surface area (Å²) in [6, 6.07) is 2.51. The molecule has 5 rings (SSSR count). The highest BCUT2D eigenvalue weighted by molar-refractivity contribution is 6.04. The Bertz CT molecular complexity index is 1400. The predicted molar refractivity (Wildman–Crippen MR) is 142 cm³/mol. The van der Waals surface area contributed by atoms with Crippen LogP contribution in [0.25, 0.3) is 0 Å². The molecule has 3 fully saturated rings. The number of amides is 5. The molecule has 1 saturated heterocycles. The molecular formula is C28H31F3N6O6. The van der Waals surface area contributed by atoms with Crippen LogP contribution in [0.2, 0.25) is 0 Å². The third-order valence-electron chi connectivity index (χ3n) is 8.51. The normalized spacial score (nSPS) is 24.2. The zero-order valence-electron chi connectivity index (χ0n) is 23.3. The van der Waals surface area contributed by atoms with Gasteiger partial charge in [-0.1, -0.05) is 31.7 Å². The number of fused-ring (bicyclic) bond motifs is 1. The van der Waals surface area contributed by atoms with E-state index in [1.54, 1.807) is 11.4 Å². The summed E-state index contributed by atoms with van der Waals surface area (Å²) in [6.07, 6.45) is -2.43. The number of hydrogen-bond acceptors (Lipinski definition) is 7. The van der Waals surface area contributed by atoms with E-state index in [-0.39, 0.29) is 48.1 Å². The quantitative estimate of drug-likeness (QED) is 0.379. The van der Waals surface area contributed by atoms with Crippen molar-refractivity contribution in [1.82, 2.24) is 15.1 Å². The minimum absolute atomic E-state index is 0.0132. The van der Waals surface area contributed by atoms with Crippen LogP contribution in [0.1, 0.15) is 50.5 Å². The number of carbonyl (C=O) groups is 5. The molecule has 43 heavy (non-hydrogen) atoms. The maximum atomic E-state index is 14.1. The molecule has 12 nitrogen and oxygen atoms in total. The summed E-state index contributed by atoms with van der Waals surface area (Å²) < 4.78 is 45.2. The van der Waals surface area contributed by atoms with Gasteiger partial charge in [0.1, 0.15) is 24.2 Å². The zero-order chi connectivity index (χ0) is 31.3. The average molecular weight is 605 g/mol. The van der Waals surface area contributed by atoms with Gasteiger partial charge in [0.15, 0.2) is 5.75 Å². The summed E-state index contributed by atoms with van der Waals surface area (Å²) >= 11 is 0. The van der Waals surface area contributed by atoms with E-state index in [0.29, 0.717) is 12.8 Å². The number of nitrogens with zero attached hydrogens (tertiary/aromatic N) is 3. The maximum Gasteiger partial charge on any atom is 0.471 e. The molecule has 0 aromatic heterocycles. The second-order valence-corrected chi connectivity index (χ2v) is 11.8. The van der Waals surface area contributed by atoms with Gasteiger partial charge in [0.2, 0.25) is 23.3 Å². The van der Waals surface area contributed by atoms with E-state index in [1.807, 2.05) is 6.07 Å². The zero-order valence-corrected chi connectivity index (χ0v) is 23.3. The molecule has 4 atom stereocenters. The third-order valence-corrected chi connectivity index (χ3v) is 8.51. The number of anilines is 1. The minimum atomic E-state index is -5.20. The number of nitriles is 1. The van der Waals surface area contributed by atoms with Gasteiger partial charge in [-0.25, -0.2) is 0 Å². The lowest BCUT2D eigenvalue weighted by Crippen LogP contribution is -2.58. The molecule has 2 aliphatic heterocycles. The highest BCUT2D eigenvalue weighted by Crippen LogP contribution is 2.43. The van der Waals surface area contributed by atoms with Crippen molar-refractivity contribution >= 4 is 35.2 Å². The van der Waals surface area contributed by atoms with E-state index < -0.39 is 66.0 Å². The molecule has 2 saturated carbocycles. The smallest absolute Gasteiger partial charge is 0.471 e. The summed E-state index contributed by atoms with van der Waals surface area (Å²) in [4.78, 5) is 67.4. The van der Waals surface area contributed by atoms with Crippen molar-refractivity contribution < 1.29 is 41.9 Å². The Morgan fingerprint density at radius 2 is 1.86 bits per heavy atom. The van der Waals surface area contributed by atoms with Gasteiger partial charge >= 0.3 is 12.1 Å². The first-order chi connectivity index (χ1) is 20.2. The molecule has 4 N–H and O–H groups in total. The molecule has 0 radical (unpaired) electrons. The Morgan fingerprint density at radius 3 is 2.44 bits per heavy atom. The van der Waals surface area contributed by atoms with E-state index in [0.717, 1.165) is 22.6 Å². The number of ether oxygens (including phenoxy) is 1. The largest absolute Gasteiger partial charge is 0.472 e. The van der Waals surface area contributed by atoms with E-state index in [4.69, 9.17) is 10.5 Å². The maximum absolute atomic E-state index is 14.1. The Hall–Kier alpha value is -4.35. The molecule has 230 valence electrons. The van der Waals surface area contributed by atoms with Crippen molar-refractivity contribution in [3.05, 3.63) is 23.8 Å². The number of rotatable bonds is 9. The monoisotopic (exact) mass is 604 g/mol. The first-order valence-corrected chi connectivity index (χ1v) is 14.0. The summed E-state index contributed by atoms with van der Waals surface area (Å²) in [5.41, 5.74) is 4.26. The van der Waals surface area contributed by atoms with Gasteiger partial charge in [-0.2, -0.15) is 18.4 Å². The summed E-state index contributed by atoms with van der Waals surface area (Å²) in [7, 11) is 1.28. The number of nitrogens with two attached hydrogens (primary N) is 1. The highest BCUT2D eigenvalue weighted by Gasteiger charge is 2.58. The molecular weight excluding hydrogens is 573 g/mol. The number of halogens is 3. The molecule has 1 spiro atoms. The predicted octanol–water partition coefficient (Wildman–Crippen LogP) is 1.19. The summed E-state index contributed by atoms with van der Waals surface area (Å²) in [5, 5.41) is 14.0. The highest BCUT2D eigenvalue weighted by atomic mass is 19.4. The Labute approximate surface area is 244 Å². The van der Waals surface area contributed by atoms with Crippen LogP contribution in [0.3, 0.4) is 0 Å². The number of carbonyl (C=O) groups excluding carboxylic acids is 5. The molecule has 5 amide bonds. The van der Waals surface area contributed by atoms with Crippen molar-refractivity contribution in [3.8, 4) is 11.8 Å². The molecule has 2 heterocycles. The first-order valence-electron chi connectivity index (χ1n) is 14.0. The van der Waals surface area contributed by atoms with Crippen LogP contribution in [-0.4, -0.2) is 82.8 Å². The van der Waals surface area contributed by atoms with Crippen molar-refractivity contribution in [2.45, 2.75) is 74.8 Å². The van der Waals surface area contributed by atoms with E-state index in [2.05, 4.69) is 5.32 Å². The van der Waals surface area contributed by atoms with Gasteiger partial charge < -0.3 is 30.9 Å².